The lowest BCUT2D eigenvalue weighted by Gasteiger charge is -2.12. The Morgan fingerprint density at radius 2 is 1.82 bits per heavy atom. The number of fused-ring (bicyclic) bond motifs is 1. The van der Waals surface area contributed by atoms with Crippen LogP contribution in [-0.4, -0.2) is 35.0 Å². The van der Waals surface area contributed by atoms with Crippen molar-refractivity contribution in [1.29, 1.82) is 0 Å². The summed E-state index contributed by atoms with van der Waals surface area (Å²) in [5.74, 6) is 2.15. The van der Waals surface area contributed by atoms with Crippen LogP contribution in [0.2, 0.25) is 0 Å². The van der Waals surface area contributed by atoms with E-state index in [0.29, 0.717) is 11.5 Å². The summed E-state index contributed by atoms with van der Waals surface area (Å²) in [4.78, 5) is 14.4. The number of amides is 1. The van der Waals surface area contributed by atoms with Crippen molar-refractivity contribution in [2.24, 2.45) is 0 Å². The molecule has 0 saturated carbocycles. The first-order valence-electron chi connectivity index (χ1n) is 10.7. The Morgan fingerprint density at radius 3 is 2.67 bits per heavy atom. The first-order chi connectivity index (χ1) is 16.1. The van der Waals surface area contributed by atoms with Crippen molar-refractivity contribution in [3.8, 4) is 22.8 Å². The molecule has 3 heterocycles. The quantitative estimate of drug-likeness (QED) is 0.408. The maximum atomic E-state index is 12.9. The standard InChI is InChI=1S/C25H23N3O5/c1-16(10-17-8-9-21-23(11-17)31-15-30-21)20-13-24(33-27-20)25(29)28(2)14-19-12-22(32-26-19)18-6-4-3-5-7-18/h3-9,11-13,16H,10,14-15H2,1-2H3. The second kappa shape index (κ2) is 8.82. The predicted octanol–water partition coefficient (Wildman–Crippen LogP) is 4.68. The third kappa shape index (κ3) is 4.45. The summed E-state index contributed by atoms with van der Waals surface area (Å²) in [6, 6.07) is 19.1. The fraction of sp³-hybridized carbons (Fsp3) is 0.240. The molecular weight excluding hydrogens is 422 g/mol. The molecule has 1 unspecified atom stereocenters. The summed E-state index contributed by atoms with van der Waals surface area (Å²) in [6.07, 6.45) is 0.730. The van der Waals surface area contributed by atoms with E-state index in [4.69, 9.17) is 18.5 Å². The molecule has 8 nitrogen and oxygen atoms in total. The molecule has 0 radical (unpaired) electrons. The van der Waals surface area contributed by atoms with Gasteiger partial charge in [-0.3, -0.25) is 4.79 Å². The van der Waals surface area contributed by atoms with Gasteiger partial charge in [0.1, 0.15) is 5.69 Å². The normalized spacial score (nSPS) is 13.2. The molecule has 0 aliphatic carbocycles. The number of hydrogen-bond donors (Lipinski definition) is 0. The largest absolute Gasteiger partial charge is 0.454 e. The number of benzene rings is 2. The molecule has 8 heteroatoms. The zero-order valence-electron chi connectivity index (χ0n) is 18.4. The van der Waals surface area contributed by atoms with Gasteiger partial charge < -0.3 is 23.4 Å². The van der Waals surface area contributed by atoms with E-state index in [-0.39, 0.29) is 30.9 Å². The molecule has 1 aliphatic heterocycles. The van der Waals surface area contributed by atoms with Crippen molar-refractivity contribution in [2.75, 3.05) is 13.8 Å². The zero-order valence-corrected chi connectivity index (χ0v) is 18.4. The number of ether oxygens (including phenoxy) is 2. The van der Waals surface area contributed by atoms with Crippen LogP contribution in [0.25, 0.3) is 11.3 Å². The summed E-state index contributed by atoms with van der Waals surface area (Å²) in [7, 11) is 1.69. The van der Waals surface area contributed by atoms with E-state index < -0.39 is 0 Å². The molecule has 4 aromatic rings. The number of carbonyl (C=O) groups is 1. The lowest BCUT2D eigenvalue weighted by molar-refractivity contribution is 0.0740. The average molecular weight is 445 g/mol. The number of hydrogen-bond acceptors (Lipinski definition) is 7. The molecule has 1 aliphatic rings. The highest BCUT2D eigenvalue weighted by atomic mass is 16.7. The molecule has 168 valence electrons. The fourth-order valence-electron chi connectivity index (χ4n) is 3.78. The third-order valence-electron chi connectivity index (χ3n) is 5.59. The van der Waals surface area contributed by atoms with E-state index in [1.165, 1.54) is 4.90 Å². The first-order valence-corrected chi connectivity index (χ1v) is 10.7. The van der Waals surface area contributed by atoms with Gasteiger partial charge in [-0.25, -0.2) is 0 Å². The Labute approximate surface area is 190 Å². The van der Waals surface area contributed by atoms with Crippen LogP contribution >= 0.6 is 0 Å². The lowest BCUT2D eigenvalue weighted by Crippen LogP contribution is -2.25. The fourth-order valence-corrected chi connectivity index (χ4v) is 3.78. The van der Waals surface area contributed by atoms with E-state index >= 15 is 0 Å². The molecule has 2 aromatic heterocycles. The smallest absolute Gasteiger partial charge is 0.292 e. The Kier molecular flexibility index (Phi) is 5.56. The summed E-state index contributed by atoms with van der Waals surface area (Å²) in [5.41, 5.74) is 3.40. The van der Waals surface area contributed by atoms with Crippen LogP contribution < -0.4 is 9.47 Å². The Morgan fingerprint density at radius 1 is 1.00 bits per heavy atom. The van der Waals surface area contributed by atoms with Gasteiger partial charge >= 0.3 is 0 Å². The van der Waals surface area contributed by atoms with Gasteiger partial charge in [0, 0.05) is 30.7 Å². The average Bonchev–Trinajstić information content (AvgIpc) is 3.59. The molecular formula is C25H23N3O5. The minimum absolute atomic E-state index is 0.0601. The van der Waals surface area contributed by atoms with Crippen molar-refractivity contribution >= 4 is 5.91 Å². The number of nitrogens with zero attached hydrogens (tertiary/aromatic N) is 3. The second-order valence-electron chi connectivity index (χ2n) is 8.12. The molecule has 0 spiro atoms. The van der Waals surface area contributed by atoms with Gasteiger partial charge in [-0.05, 0) is 24.1 Å². The van der Waals surface area contributed by atoms with E-state index in [0.717, 1.165) is 34.7 Å². The topological polar surface area (TPSA) is 90.8 Å². The second-order valence-corrected chi connectivity index (χ2v) is 8.12. The van der Waals surface area contributed by atoms with Crippen molar-refractivity contribution in [1.82, 2.24) is 15.2 Å². The minimum Gasteiger partial charge on any atom is -0.454 e. The highest BCUT2D eigenvalue weighted by molar-refractivity contribution is 5.91. The SMILES string of the molecule is CC(Cc1ccc2c(c1)OCO2)c1cc(C(=O)N(C)Cc2cc(-c3ccccc3)on2)on1. The van der Waals surface area contributed by atoms with Gasteiger partial charge in [0.2, 0.25) is 12.6 Å². The number of rotatable bonds is 7. The molecule has 5 rings (SSSR count). The van der Waals surface area contributed by atoms with Crippen molar-refractivity contribution in [2.45, 2.75) is 25.8 Å². The molecule has 1 atom stereocenters. The Hall–Kier alpha value is -4.07. The van der Waals surface area contributed by atoms with Gasteiger partial charge in [0.05, 0.1) is 12.2 Å². The van der Waals surface area contributed by atoms with Crippen LogP contribution in [0.3, 0.4) is 0 Å². The molecule has 1 amide bonds. The van der Waals surface area contributed by atoms with E-state index in [2.05, 4.69) is 10.3 Å². The molecule has 2 aromatic carbocycles. The van der Waals surface area contributed by atoms with Crippen LogP contribution in [-0.2, 0) is 13.0 Å². The number of carbonyl (C=O) groups excluding carboxylic acids is 1. The summed E-state index contributed by atoms with van der Waals surface area (Å²) < 4.78 is 21.6. The molecule has 0 N–H and O–H groups in total. The highest BCUT2D eigenvalue weighted by Crippen LogP contribution is 2.34. The van der Waals surface area contributed by atoms with Crippen LogP contribution in [0.4, 0.5) is 0 Å². The maximum absolute atomic E-state index is 12.9. The van der Waals surface area contributed by atoms with Crippen molar-refractivity contribution in [3.05, 3.63) is 83.4 Å². The van der Waals surface area contributed by atoms with Crippen LogP contribution in [0.15, 0.2) is 69.7 Å². The first kappa shape index (κ1) is 20.8. The molecule has 0 bridgehead atoms. The lowest BCUT2D eigenvalue weighted by atomic mass is 9.97. The van der Waals surface area contributed by atoms with E-state index in [1.807, 2.05) is 61.5 Å². The minimum atomic E-state index is -0.270. The predicted molar refractivity (Wildman–Crippen MR) is 119 cm³/mol. The summed E-state index contributed by atoms with van der Waals surface area (Å²) in [5, 5.41) is 8.21. The third-order valence-corrected chi connectivity index (χ3v) is 5.59. The highest BCUT2D eigenvalue weighted by Gasteiger charge is 2.22. The van der Waals surface area contributed by atoms with Gasteiger partial charge in [-0.15, -0.1) is 0 Å². The molecule has 33 heavy (non-hydrogen) atoms. The molecule has 0 fully saturated rings. The van der Waals surface area contributed by atoms with Crippen molar-refractivity contribution in [3.63, 3.8) is 0 Å². The Balaban J connectivity index is 1.22. The monoisotopic (exact) mass is 445 g/mol. The van der Waals surface area contributed by atoms with Gasteiger partial charge in [0.15, 0.2) is 17.3 Å². The van der Waals surface area contributed by atoms with Gasteiger partial charge in [0.25, 0.3) is 5.91 Å². The van der Waals surface area contributed by atoms with E-state index in [1.54, 1.807) is 13.1 Å². The zero-order chi connectivity index (χ0) is 22.8. The number of aromatic nitrogens is 2. The Bertz CT molecular complexity index is 1260. The van der Waals surface area contributed by atoms with Crippen LogP contribution in [0.1, 0.15) is 40.3 Å². The van der Waals surface area contributed by atoms with Crippen molar-refractivity contribution < 1.29 is 23.3 Å². The molecule has 0 saturated heterocycles. The van der Waals surface area contributed by atoms with Crippen LogP contribution in [0, 0.1) is 0 Å². The van der Waals surface area contributed by atoms with Crippen LogP contribution in [0.5, 0.6) is 11.5 Å². The van der Waals surface area contributed by atoms with E-state index in [9.17, 15) is 4.79 Å². The summed E-state index contributed by atoms with van der Waals surface area (Å²) >= 11 is 0. The van der Waals surface area contributed by atoms with Gasteiger partial charge in [-0.2, -0.15) is 0 Å². The van der Waals surface area contributed by atoms with Gasteiger partial charge in [-0.1, -0.05) is 53.6 Å². The summed E-state index contributed by atoms with van der Waals surface area (Å²) in [6.45, 7) is 2.58. The maximum Gasteiger partial charge on any atom is 0.292 e.